The normalized spacial score (nSPS) is 10.1. The quantitative estimate of drug-likeness (QED) is 0.617. The summed E-state index contributed by atoms with van der Waals surface area (Å²) in [5.74, 6) is -0.689. The van der Waals surface area contributed by atoms with Crippen molar-refractivity contribution in [2.75, 3.05) is 0 Å². The van der Waals surface area contributed by atoms with Gasteiger partial charge >= 0.3 is 0 Å². The maximum Gasteiger partial charge on any atom is 0.290 e. The average Bonchev–Trinajstić information content (AvgIpc) is 2.62. The minimum Gasteiger partial charge on any atom is -0.365 e. The van der Waals surface area contributed by atoms with Crippen molar-refractivity contribution in [3.63, 3.8) is 0 Å². The lowest BCUT2D eigenvalue weighted by Crippen LogP contribution is -2.19. The lowest BCUT2D eigenvalue weighted by Gasteiger charge is -1.93. The van der Waals surface area contributed by atoms with Crippen molar-refractivity contribution in [1.29, 1.82) is 5.26 Å². The van der Waals surface area contributed by atoms with Crippen molar-refractivity contribution in [2.45, 2.75) is 0 Å². The number of hydrogen-bond acceptors (Lipinski definition) is 4. The van der Waals surface area contributed by atoms with Crippen molar-refractivity contribution in [3.05, 3.63) is 33.9 Å². The first-order valence-electron chi connectivity index (χ1n) is 3.94. The number of aromatic nitrogens is 3. The van der Waals surface area contributed by atoms with Crippen LogP contribution in [0.15, 0.2) is 17.2 Å². The highest BCUT2D eigenvalue weighted by Crippen LogP contribution is 2.04. The molecule has 0 aliphatic rings. The van der Waals surface area contributed by atoms with E-state index < -0.39 is 11.5 Å². The van der Waals surface area contributed by atoms with Gasteiger partial charge in [0.1, 0.15) is 17.2 Å². The molecule has 0 aliphatic carbocycles. The molecular formula is C8H5N5O2. The van der Waals surface area contributed by atoms with Gasteiger partial charge in [-0.05, 0) is 0 Å². The molecule has 2 aromatic rings. The first-order chi connectivity index (χ1) is 7.15. The van der Waals surface area contributed by atoms with E-state index in [0.717, 1.165) is 10.7 Å². The number of carbonyl (C=O) groups excluding carboxylic acids is 1. The van der Waals surface area contributed by atoms with E-state index in [0.29, 0.717) is 0 Å². The van der Waals surface area contributed by atoms with Crippen molar-refractivity contribution >= 4 is 11.6 Å². The summed E-state index contributed by atoms with van der Waals surface area (Å²) in [5.41, 5.74) is 4.62. The van der Waals surface area contributed by atoms with Crippen LogP contribution in [0.5, 0.6) is 0 Å². The summed E-state index contributed by atoms with van der Waals surface area (Å²) in [6, 6.07) is 1.69. The molecule has 0 saturated carbocycles. The Kier molecular flexibility index (Phi) is 1.76. The summed E-state index contributed by atoms with van der Waals surface area (Å²) in [5, 5.41) is 11.1. The Balaban J connectivity index is 2.89. The van der Waals surface area contributed by atoms with E-state index in [2.05, 4.69) is 10.1 Å². The van der Waals surface area contributed by atoms with Gasteiger partial charge in [0, 0.05) is 6.20 Å². The van der Waals surface area contributed by atoms with Gasteiger partial charge in [0.2, 0.25) is 0 Å². The van der Waals surface area contributed by atoms with Crippen LogP contribution in [-0.2, 0) is 0 Å². The maximum atomic E-state index is 11.5. The molecule has 0 aliphatic heterocycles. The van der Waals surface area contributed by atoms with Gasteiger partial charge in [-0.2, -0.15) is 9.78 Å². The summed E-state index contributed by atoms with van der Waals surface area (Å²) in [6.07, 6.45) is 2.38. The fraction of sp³-hybridized carbons (Fsp3) is 0. The molecule has 1 amide bonds. The smallest absolute Gasteiger partial charge is 0.290 e. The first kappa shape index (κ1) is 8.96. The number of nitrogens with zero attached hydrogens (tertiary/aromatic N) is 3. The third kappa shape index (κ3) is 1.16. The van der Waals surface area contributed by atoms with E-state index in [1.165, 1.54) is 6.20 Å². The number of aromatic amines is 1. The molecule has 0 aromatic carbocycles. The molecule has 2 aromatic heterocycles. The Morgan fingerprint density at radius 1 is 1.67 bits per heavy atom. The Morgan fingerprint density at radius 3 is 3.00 bits per heavy atom. The van der Waals surface area contributed by atoms with Gasteiger partial charge in [-0.3, -0.25) is 14.7 Å². The molecule has 2 heterocycles. The molecule has 15 heavy (non-hydrogen) atoms. The number of nitrogens with one attached hydrogen (secondary N) is 1. The van der Waals surface area contributed by atoms with Gasteiger partial charge in [-0.1, -0.05) is 0 Å². The van der Waals surface area contributed by atoms with Crippen LogP contribution >= 0.6 is 0 Å². The second kappa shape index (κ2) is 2.95. The van der Waals surface area contributed by atoms with E-state index in [1.807, 2.05) is 0 Å². The van der Waals surface area contributed by atoms with E-state index in [4.69, 9.17) is 11.0 Å². The number of fused-ring (bicyclic) bond motifs is 1. The van der Waals surface area contributed by atoms with Crippen molar-refractivity contribution < 1.29 is 4.79 Å². The molecule has 0 radical (unpaired) electrons. The highest BCUT2D eigenvalue weighted by molar-refractivity contribution is 5.98. The lowest BCUT2D eigenvalue weighted by molar-refractivity contribution is 0.100. The molecule has 0 atom stereocenters. The minimum atomic E-state index is -0.689. The van der Waals surface area contributed by atoms with Crippen LogP contribution in [0, 0.1) is 11.3 Å². The zero-order valence-electron chi connectivity index (χ0n) is 7.39. The Labute approximate surface area is 82.7 Å². The van der Waals surface area contributed by atoms with Crippen LogP contribution in [0.3, 0.4) is 0 Å². The standard InChI is InChI=1S/C8H5N5O2/c9-1-4-2-11-7-5(6(10)14)3-12-13(7)8(4)15/h2-3,12H,(H2,10,14). The summed E-state index contributed by atoms with van der Waals surface area (Å²) >= 11 is 0. The van der Waals surface area contributed by atoms with Crippen LogP contribution in [0.25, 0.3) is 5.65 Å². The fourth-order valence-corrected chi connectivity index (χ4v) is 1.22. The van der Waals surface area contributed by atoms with E-state index in [-0.39, 0.29) is 16.8 Å². The van der Waals surface area contributed by atoms with Gasteiger partial charge in [0.25, 0.3) is 11.5 Å². The summed E-state index contributed by atoms with van der Waals surface area (Å²) < 4.78 is 0.999. The molecule has 0 bridgehead atoms. The fourth-order valence-electron chi connectivity index (χ4n) is 1.22. The van der Waals surface area contributed by atoms with Crippen molar-refractivity contribution in [1.82, 2.24) is 14.6 Å². The Bertz CT molecular complexity index is 645. The number of amides is 1. The van der Waals surface area contributed by atoms with Crippen LogP contribution in [0.1, 0.15) is 15.9 Å². The molecule has 0 unspecified atom stereocenters. The Morgan fingerprint density at radius 2 is 2.40 bits per heavy atom. The van der Waals surface area contributed by atoms with Crippen molar-refractivity contribution in [3.8, 4) is 6.07 Å². The topological polar surface area (TPSA) is 117 Å². The monoisotopic (exact) mass is 203 g/mol. The van der Waals surface area contributed by atoms with Gasteiger partial charge in [-0.25, -0.2) is 4.98 Å². The molecule has 3 N–H and O–H groups in total. The predicted molar refractivity (Wildman–Crippen MR) is 49.0 cm³/mol. The highest BCUT2D eigenvalue weighted by atomic mass is 16.1. The van der Waals surface area contributed by atoms with Gasteiger partial charge < -0.3 is 5.73 Å². The zero-order valence-corrected chi connectivity index (χ0v) is 7.39. The maximum absolute atomic E-state index is 11.5. The number of hydrogen-bond donors (Lipinski definition) is 2. The largest absolute Gasteiger partial charge is 0.365 e. The summed E-state index contributed by atoms with van der Waals surface area (Å²) in [6.45, 7) is 0. The SMILES string of the molecule is N#Cc1cnc2c(C(N)=O)c[nH]n2c1=O. The second-order valence-electron chi connectivity index (χ2n) is 2.80. The third-order valence-electron chi connectivity index (χ3n) is 1.93. The second-order valence-corrected chi connectivity index (χ2v) is 2.80. The lowest BCUT2D eigenvalue weighted by atomic mass is 10.3. The van der Waals surface area contributed by atoms with Crippen LogP contribution in [0.4, 0.5) is 0 Å². The average molecular weight is 203 g/mol. The molecule has 0 spiro atoms. The van der Waals surface area contributed by atoms with Crippen LogP contribution in [-0.4, -0.2) is 20.5 Å². The van der Waals surface area contributed by atoms with Gasteiger partial charge in [0.05, 0.1) is 6.20 Å². The predicted octanol–water partition coefficient (Wildman–Crippen LogP) is -1.01. The number of rotatable bonds is 1. The molecular weight excluding hydrogens is 198 g/mol. The zero-order chi connectivity index (χ0) is 11.0. The molecule has 7 heteroatoms. The molecule has 74 valence electrons. The third-order valence-corrected chi connectivity index (χ3v) is 1.93. The highest BCUT2D eigenvalue weighted by Gasteiger charge is 2.12. The number of H-pyrrole nitrogens is 1. The van der Waals surface area contributed by atoms with E-state index >= 15 is 0 Å². The Hall–Kier alpha value is -2.62. The van der Waals surface area contributed by atoms with E-state index in [1.54, 1.807) is 6.07 Å². The van der Waals surface area contributed by atoms with E-state index in [9.17, 15) is 9.59 Å². The number of nitriles is 1. The number of primary amides is 1. The number of nitrogens with two attached hydrogens (primary N) is 1. The molecule has 0 fully saturated rings. The summed E-state index contributed by atoms with van der Waals surface area (Å²) in [4.78, 5) is 26.2. The minimum absolute atomic E-state index is 0.106. The van der Waals surface area contributed by atoms with Crippen LogP contribution in [0.2, 0.25) is 0 Å². The molecule has 7 nitrogen and oxygen atoms in total. The molecule has 0 saturated heterocycles. The molecule has 2 rings (SSSR count). The number of carbonyl (C=O) groups is 1. The van der Waals surface area contributed by atoms with Gasteiger partial charge in [-0.15, -0.1) is 0 Å². The first-order valence-corrected chi connectivity index (χ1v) is 3.94. The van der Waals surface area contributed by atoms with Crippen LogP contribution < -0.4 is 11.3 Å². The van der Waals surface area contributed by atoms with Gasteiger partial charge in [0.15, 0.2) is 5.65 Å². The van der Waals surface area contributed by atoms with Crippen molar-refractivity contribution in [2.24, 2.45) is 5.73 Å². The summed E-state index contributed by atoms with van der Waals surface area (Å²) in [7, 11) is 0.